The number of nitrogens with one attached hydrogen (secondary N) is 1. The fourth-order valence-electron chi connectivity index (χ4n) is 3.59. The number of benzene rings is 2. The molecule has 0 saturated carbocycles. The van der Waals surface area contributed by atoms with Crippen molar-refractivity contribution in [3.63, 3.8) is 0 Å². The first-order valence-electron chi connectivity index (χ1n) is 11.2. The number of carboxylic acid groups (broad SMARTS) is 1. The molecule has 0 aliphatic carbocycles. The van der Waals surface area contributed by atoms with E-state index in [2.05, 4.69) is 5.32 Å². The number of anilines is 2. The quantitative estimate of drug-likeness (QED) is 0.247. The maximum Gasteiger partial charge on any atom is 0.341 e. The van der Waals surface area contributed by atoms with Gasteiger partial charge in [0.1, 0.15) is 28.6 Å². The molecule has 0 unspecified atom stereocenters. The molecule has 2 N–H and O–H groups in total. The SMILES string of the molecule is COCOc1cc(Nc2cc(-c3ccoc3)nn2Cc2ccc(OC)cc2)c(C(=O)O)c(OCOC)c1. The molecule has 0 fully saturated rings. The summed E-state index contributed by atoms with van der Waals surface area (Å²) >= 11 is 0. The molecule has 4 aromatic rings. The fourth-order valence-corrected chi connectivity index (χ4v) is 3.59. The first kappa shape index (κ1) is 25.6. The van der Waals surface area contributed by atoms with Crippen molar-refractivity contribution in [2.24, 2.45) is 0 Å². The average Bonchev–Trinajstić information content (AvgIpc) is 3.57. The number of ether oxygens (including phenoxy) is 5. The first-order valence-corrected chi connectivity index (χ1v) is 11.2. The van der Waals surface area contributed by atoms with E-state index in [0.29, 0.717) is 23.8 Å². The number of rotatable bonds is 13. The first-order chi connectivity index (χ1) is 18.0. The number of aromatic carboxylic acids is 1. The largest absolute Gasteiger partial charge is 0.497 e. The highest BCUT2D eigenvalue weighted by molar-refractivity contribution is 5.98. The summed E-state index contributed by atoms with van der Waals surface area (Å²) in [4.78, 5) is 12.3. The summed E-state index contributed by atoms with van der Waals surface area (Å²) in [5.41, 5.74) is 2.52. The predicted molar refractivity (Wildman–Crippen MR) is 134 cm³/mol. The normalized spacial score (nSPS) is 10.8. The second kappa shape index (κ2) is 12.0. The number of carboxylic acids is 1. The second-order valence-corrected chi connectivity index (χ2v) is 7.81. The van der Waals surface area contributed by atoms with Crippen LogP contribution in [0.15, 0.2) is 65.5 Å². The van der Waals surface area contributed by atoms with Gasteiger partial charge in [-0.3, -0.25) is 0 Å². The van der Waals surface area contributed by atoms with E-state index in [9.17, 15) is 9.90 Å². The third kappa shape index (κ3) is 6.21. The highest BCUT2D eigenvalue weighted by atomic mass is 16.7. The van der Waals surface area contributed by atoms with Gasteiger partial charge in [0.25, 0.3) is 0 Å². The lowest BCUT2D eigenvalue weighted by atomic mass is 10.1. The number of nitrogens with zero attached hydrogens (tertiary/aromatic N) is 2. The third-order valence-corrected chi connectivity index (χ3v) is 5.32. The van der Waals surface area contributed by atoms with Crippen molar-refractivity contribution >= 4 is 17.5 Å². The predicted octanol–water partition coefficient (Wildman–Crippen LogP) is 4.61. The van der Waals surface area contributed by atoms with E-state index in [1.54, 1.807) is 42.5 Å². The number of methoxy groups -OCH3 is 3. The molecule has 0 saturated heterocycles. The Balaban J connectivity index is 1.76. The van der Waals surface area contributed by atoms with Gasteiger partial charge in [-0.25, -0.2) is 9.48 Å². The topological polar surface area (TPSA) is 126 Å². The lowest BCUT2D eigenvalue weighted by Gasteiger charge is -2.17. The monoisotopic (exact) mass is 509 g/mol. The molecule has 0 atom stereocenters. The molecule has 11 heteroatoms. The average molecular weight is 510 g/mol. The van der Waals surface area contributed by atoms with Gasteiger partial charge >= 0.3 is 5.97 Å². The molecule has 37 heavy (non-hydrogen) atoms. The van der Waals surface area contributed by atoms with Crippen LogP contribution in [0.2, 0.25) is 0 Å². The van der Waals surface area contributed by atoms with Crippen LogP contribution in [-0.2, 0) is 16.0 Å². The molecule has 4 rings (SSSR count). The number of carbonyl (C=O) groups is 1. The van der Waals surface area contributed by atoms with Crippen LogP contribution in [0, 0.1) is 0 Å². The van der Waals surface area contributed by atoms with Crippen LogP contribution in [0.5, 0.6) is 17.2 Å². The Morgan fingerprint density at radius 2 is 1.76 bits per heavy atom. The van der Waals surface area contributed by atoms with Gasteiger partial charge in [-0.05, 0) is 23.8 Å². The summed E-state index contributed by atoms with van der Waals surface area (Å²) < 4.78 is 33.3. The van der Waals surface area contributed by atoms with Crippen molar-refractivity contribution in [2.45, 2.75) is 6.54 Å². The summed E-state index contributed by atoms with van der Waals surface area (Å²) in [6.45, 7) is 0.225. The second-order valence-electron chi connectivity index (χ2n) is 7.81. The zero-order chi connectivity index (χ0) is 26.2. The Hall–Kier alpha value is -4.48. The molecule has 0 spiro atoms. The Morgan fingerprint density at radius 3 is 2.41 bits per heavy atom. The van der Waals surface area contributed by atoms with Crippen LogP contribution in [0.25, 0.3) is 11.3 Å². The van der Waals surface area contributed by atoms with E-state index < -0.39 is 5.97 Å². The van der Waals surface area contributed by atoms with Gasteiger partial charge in [-0.2, -0.15) is 5.10 Å². The minimum Gasteiger partial charge on any atom is -0.497 e. The zero-order valence-electron chi connectivity index (χ0n) is 20.6. The van der Waals surface area contributed by atoms with Gasteiger partial charge < -0.3 is 38.5 Å². The van der Waals surface area contributed by atoms with Crippen molar-refractivity contribution in [3.05, 3.63) is 72.2 Å². The Kier molecular flexibility index (Phi) is 8.29. The molecule has 194 valence electrons. The lowest BCUT2D eigenvalue weighted by Crippen LogP contribution is -2.12. The standard InChI is InChI=1S/C26H27N3O8/c1-32-15-36-20-10-22(25(26(30)31)23(11-20)37-16-33-2)27-24-12-21(18-8-9-35-14-18)28-29(24)13-17-4-6-19(34-3)7-5-17/h4-12,14,27H,13,15-16H2,1-3H3,(H,30,31). The molecule has 2 heterocycles. The van der Waals surface area contributed by atoms with Gasteiger partial charge in [-0.15, -0.1) is 0 Å². The van der Waals surface area contributed by atoms with E-state index in [1.165, 1.54) is 20.3 Å². The fraction of sp³-hybridized carbons (Fsp3) is 0.231. The summed E-state index contributed by atoms with van der Waals surface area (Å²) in [5.74, 6) is 0.502. The smallest absolute Gasteiger partial charge is 0.341 e. The molecule has 0 aliphatic heterocycles. The molecule has 2 aromatic heterocycles. The minimum absolute atomic E-state index is 0.0321. The summed E-state index contributed by atoms with van der Waals surface area (Å²) in [6, 6.07) is 14.2. The number of hydrogen-bond acceptors (Lipinski definition) is 9. The Morgan fingerprint density at radius 1 is 1.00 bits per heavy atom. The van der Waals surface area contributed by atoms with Crippen molar-refractivity contribution in [1.29, 1.82) is 0 Å². The van der Waals surface area contributed by atoms with Crippen LogP contribution in [-0.4, -0.2) is 55.8 Å². The van der Waals surface area contributed by atoms with Gasteiger partial charge in [0, 0.05) is 38.0 Å². The summed E-state index contributed by atoms with van der Waals surface area (Å²) in [7, 11) is 4.54. The number of hydrogen-bond donors (Lipinski definition) is 2. The van der Waals surface area contributed by atoms with Crippen LogP contribution < -0.4 is 19.5 Å². The van der Waals surface area contributed by atoms with Gasteiger partial charge in [-0.1, -0.05) is 12.1 Å². The lowest BCUT2D eigenvalue weighted by molar-refractivity contribution is 0.0446. The van der Waals surface area contributed by atoms with E-state index in [0.717, 1.165) is 16.9 Å². The maximum atomic E-state index is 12.3. The van der Waals surface area contributed by atoms with Crippen LogP contribution >= 0.6 is 0 Å². The molecule has 0 aliphatic rings. The Bertz CT molecular complexity index is 1320. The maximum absolute atomic E-state index is 12.3. The van der Waals surface area contributed by atoms with E-state index in [4.69, 9.17) is 33.2 Å². The zero-order valence-corrected chi connectivity index (χ0v) is 20.6. The van der Waals surface area contributed by atoms with E-state index in [1.807, 2.05) is 24.3 Å². The molecule has 0 amide bonds. The Labute approximate surface area is 213 Å². The highest BCUT2D eigenvalue weighted by Gasteiger charge is 2.22. The van der Waals surface area contributed by atoms with Gasteiger partial charge in [0.15, 0.2) is 13.6 Å². The molecular weight excluding hydrogens is 482 g/mol. The number of aromatic nitrogens is 2. The van der Waals surface area contributed by atoms with Crippen molar-refractivity contribution in [3.8, 4) is 28.5 Å². The van der Waals surface area contributed by atoms with Crippen LogP contribution in [0.3, 0.4) is 0 Å². The number of furan rings is 1. The van der Waals surface area contributed by atoms with E-state index in [-0.39, 0.29) is 30.6 Å². The minimum atomic E-state index is -1.19. The molecule has 11 nitrogen and oxygen atoms in total. The molecule has 0 radical (unpaired) electrons. The summed E-state index contributed by atoms with van der Waals surface area (Å²) in [5, 5.41) is 17.9. The van der Waals surface area contributed by atoms with Crippen LogP contribution in [0.4, 0.5) is 11.5 Å². The van der Waals surface area contributed by atoms with Crippen molar-refractivity contribution in [1.82, 2.24) is 9.78 Å². The molecule has 0 bridgehead atoms. The van der Waals surface area contributed by atoms with Gasteiger partial charge in [0.2, 0.25) is 0 Å². The van der Waals surface area contributed by atoms with Gasteiger partial charge in [0.05, 0.1) is 37.6 Å². The van der Waals surface area contributed by atoms with Crippen molar-refractivity contribution < 1.29 is 38.0 Å². The summed E-state index contributed by atoms with van der Waals surface area (Å²) in [6.07, 6.45) is 3.14. The van der Waals surface area contributed by atoms with Crippen molar-refractivity contribution in [2.75, 3.05) is 40.2 Å². The highest BCUT2D eigenvalue weighted by Crippen LogP contribution is 2.36. The molecular formula is C26H27N3O8. The molecule has 2 aromatic carbocycles. The third-order valence-electron chi connectivity index (χ3n) is 5.32. The van der Waals surface area contributed by atoms with Crippen LogP contribution in [0.1, 0.15) is 15.9 Å². The van der Waals surface area contributed by atoms with E-state index >= 15 is 0 Å².